The third-order valence-electron chi connectivity index (χ3n) is 4.65. The van der Waals surface area contributed by atoms with E-state index in [2.05, 4.69) is 5.32 Å². The van der Waals surface area contributed by atoms with E-state index in [0.29, 0.717) is 26.9 Å². The van der Waals surface area contributed by atoms with E-state index in [9.17, 15) is 9.59 Å². The van der Waals surface area contributed by atoms with Crippen LogP contribution in [0.5, 0.6) is 5.75 Å². The molecule has 0 atom stereocenters. The number of halogens is 2. The normalized spacial score (nSPS) is 10.8. The molecule has 0 saturated carbocycles. The van der Waals surface area contributed by atoms with Crippen LogP contribution >= 0.6 is 23.2 Å². The summed E-state index contributed by atoms with van der Waals surface area (Å²) in [5, 5.41) is 3.91. The number of amides is 1. The van der Waals surface area contributed by atoms with Crippen molar-refractivity contribution in [1.29, 1.82) is 0 Å². The molecule has 0 unspecified atom stereocenters. The van der Waals surface area contributed by atoms with Crippen molar-refractivity contribution in [3.05, 3.63) is 92.6 Å². The number of anilines is 1. The first kappa shape index (κ1) is 21.0. The zero-order valence-electron chi connectivity index (χ0n) is 16.4. The molecule has 1 amide bonds. The van der Waals surface area contributed by atoms with E-state index < -0.39 is 11.3 Å². The molecule has 7 heteroatoms. The Morgan fingerprint density at radius 1 is 1.03 bits per heavy atom. The van der Waals surface area contributed by atoms with Crippen LogP contribution in [0.1, 0.15) is 5.56 Å². The van der Waals surface area contributed by atoms with Gasteiger partial charge in [0.2, 0.25) is 11.2 Å². The number of benzene rings is 3. The molecule has 1 N–H and O–H groups in total. The number of aryl methyl sites for hydroxylation is 1. The lowest BCUT2D eigenvalue weighted by atomic mass is 10.1. The number of hydrogen-bond acceptors (Lipinski definition) is 4. The second-order valence-corrected chi connectivity index (χ2v) is 7.74. The molecule has 0 aliphatic heterocycles. The topological polar surface area (TPSA) is 68.5 Å². The van der Waals surface area contributed by atoms with Crippen molar-refractivity contribution in [1.82, 2.24) is 0 Å². The van der Waals surface area contributed by atoms with Crippen molar-refractivity contribution in [3.63, 3.8) is 0 Å². The molecule has 31 heavy (non-hydrogen) atoms. The molecular weight excluding hydrogens is 437 g/mol. The number of rotatable bonds is 5. The van der Waals surface area contributed by atoms with Crippen molar-refractivity contribution in [2.75, 3.05) is 11.9 Å². The number of hydrogen-bond donors (Lipinski definition) is 1. The largest absolute Gasteiger partial charge is 0.476 e. The molecule has 0 spiro atoms. The maximum Gasteiger partial charge on any atom is 0.262 e. The maximum atomic E-state index is 13.1. The Hall–Kier alpha value is -3.28. The van der Waals surface area contributed by atoms with Gasteiger partial charge in [-0.25, -0.2) is 0 Å². The lowest BCUT2D eigenvalue weighted by Crippen LogP contribution is -2.22. The maximum absolute atomic E-state index is 13.1. The van der Waals surface area contributed by atoms with E-state index >= 15 is 0 Å². The van der Waals surface area contributed by atoms with Gasteiger partial charge in [0, 0.05) is 21.3 Å². The average molecular weight is 454 g/mol. The fraction of sp³-hybridized carbons (Fsp3) is 0.0833. The van der Waals surface area contributed by atoms with Gasteiger partial charge in [0.25, 0.3) is 5.91 Å². The standard InChI is InChI=1S/C24H17Cl2NO4/c1-14-7-9-17(12-19(14)26)27-21(28)13-30-24-22(29)18-11-16(25)8-10-20(18)31-23(24)15-5-3-2-4-6-15/h2-12H,13H2,1H3,(H,27,28). The smallest absolute Gasteiger partial charge is 0.262 e. The lowest BCUT2D eigenvalue weighted by molar-refractivity contribution is -0.118. The van der Waals surface area contributed by atoms with Crippen molar-refractivity contribution < 1.29 is 13.9 Å². The molecule has 5 nitrogen and oxygen atoms in total. The average Bonchev–Trinajstić information content (AvgIpc) is 2.76. The number of carbonyl (C=O) groups is 1. The van der Waals surface area contributed by atoms with Gasteiger partial charge in [0.15, 0.2) is 12.4 Å². The van der Waals surface area contributed by atoms with E-state index in [4.69, 9.17) is 32.4 Å². The van der Waals surface area contributed by atoms with E-state index in [1.54, 1.807) is 42.5 Å². The number of ether oxygens (including phenoxy) is 1. The van der Waals surface area contributed by atoms with Crippen molar-refractivity contribution >= 4 is 45.8 Å². The predicted molar refractivity (Wildman–Crippen MR) is 123 cm³/mol. The van der Waals surface area contributed by atoms with Crippen LogP contribution in [0.25, 0.3) is 22.3 Å². The van der Waals surface area contributed by atoms with E-state index in [0.717, 1.165) is 5.56 Å². The predicted octanol–water partition coefficient (Wildman–Crippen LogP) is 6.09. The zero-order chi connectivity index (χ0) is 22.0. The molecule has 4 rings (SSSR count). The van der Waals surface area contributed by atoms with Crippen LogP contribution in [0, 0.1) is 6.92 Å². The van der Waals surface area contributed by atoms with Gasteiger partial charge in [0.05, 0.1) is 5.39 Å². The first-order valence-corrected chi connectivity index (χ1v) is 10.2. The summed E-state index contributed by atoms with van der Waals surface area (Å²) in [6, 6.07) is 19.0. The summed E-state index contributed by atoms with van der Waals surface area (Å²) in [6.07, 6.45) is 0. The van der Waals surface area contributed by atoms with Crippen LogP contribution in [0.3, 0.4) is 0 Å². The Bertz CT molecular complexity index is 1330. The molecule has 1 aromatic heterocycles. The van der Waals surface area contributed by atoms with Gasteiger partial charge in [-0.05, 0) is 42.8 Å². The quantitative estimate of drug-likeness (QED) is 0.396. The highest BCUT2D eigenvalue weighted by atomic mass is 35.5. The third kappa shape index (κ3) is 4.58. The van der Waals surface area contributed by atoms with Gasteiger partial charge in [0.1, 0.15) is 5.58 Å². The van der Waals surface area contributed by atoms with Crippen molar-refractivity contribution in [2.24, 2.45) is 0 Å². The molecule has 3 aromatic carbocycles. The zero-order valence-corrected chi connectivity index (χ0v) is 18.0. The van der Waals surface area contributed by atoms with Crippen LogP contribution in [0.2, 0.25) is 10.0 Å². The highest BCUT2D eigenvalue weighted by Gasteiger charge is 2.19. The summed E-state index contributed by atoms with van der Waals surface area (Å²) in [5.74, 6) is -0.255. The van der Waals surface area contributed by atoms with Crippen LogP contribution in [-0.4, -0.2) is 12.5 Å². The third-order valence-corrected chi connectivity index (χ3v) is 5.29. The summed E-state index contributed by atoms with van der Waals surface area (Å²) in [7, 11) is 0. The minimum Gasteiger partial charge on any atom is -0.476 e. The highest BCUT2D eigenvalue weighted by Crippen LogP contribution is 2.31. The fourth-order valence-electron chi connectivity index (χ4n) is 3.07. The van der Waals surface area contributed by atoms with Crippen molar-refractivity contribution in [2.45, 2.75) is 6.92 Å². The number of carbonyl (C=O) groups excluding carboxylic acids is 1. The van der Waals surface area contributed by atoms with Gasteiger partial charge in [-0.1, -0.05) is 59.6 Å². The summed E-state index contributed by atoms with van der Waals surface area (Å²) in [6.45, 7) is 1.48. The summed E-state index contributed by atoms with van der Waals surface area (Å²) in [4.78, 5) is 25.6. The van der Waals surface area contributed by atoms with Crippen LogP contribution < -0.4 is 15.5 Å². The minimum atomic E-state index is -0.440. The molecule has 1 heterocycles. The van der Waals surface area contributed by atoms with Crippen LogP contribution in [-0.2, 0) is 4.79 Å². The van der Waals surface area contributed by atoms with Gasteiger partial charge >= 0.3 is 0 Å². The van der Waals surface area contributed by atoms with Gasteiger partial charge in [-0.2, -0.15) is 0 Å². The van der Waals surface area contributed by atoms with Gasteiger partial charge < -0.3 is 14.5 Å². The Kier molecular flexibility index (Phi) is 5.98. The van der Waals surface area contributed by atoms with E-state index in [1.807, 2.05) is 25.1 Å². The summed E-state index contributed by atoms with van der Waals surface area (Å²) in [5.41, 5.74) is 2.05. The minimum absolute atomic E-state index is 0.0574. The molecule has 156 valence electrons. The number of nitrogens with one attached hydrogen (secondary N) is 1. The second kappa shape index (κ2) is 8.84. The summed E-state index contributed by atoms with van der Waals surface area (Å²) >= 11 is 12.1. The van der Waals surface area contributed by atoms with Gasteiger partial charge in [-0.3, -0.25) is 9.59 Å². The molecule has 0 saturated heterocycles. The Balaban J connectivity index is 1.67. The second-order valence-electron chi connectivity index (χ2n) is 6.90. The van der Waals surface area contributed by atoms with Crippen molar-refractivity contribution in [3.8, 4) is 17.1 Å². The molecule has 0 aliphatic rings. The SMILES string of the molecule is Cc1ccc(NC(=O)COc2c(-c3ccccc3)oc3ccc(Cl)cc3c2=O)cc1Cl. The van der Waals surface area contributed by atoms with Crippen LogP contribution in [0.15, 0.2) is 75.9 Å². The monoisotopic (exact) mass is 453 g/mol. The molecule has 0 radical (unpaired) electrons. The molecular formula is C24H17Cl2NO4. The molecule has 4 aromatic rings. The van der Waals surface area contributed by atoms with E-state index in [-0.39, 0.29) is 23.5 Å². The fourth-order valence-corrected chi connectivity index (χ4v) is 3.42. The first-order chi connectivity index (χ1) is 14.9. The lowest BCUT2D eigenvalue weighted by Gasteiger charge is -2.12. The Morgan fingerprint density at radius 3 is 2.55 bits per heavy atom. The molecule has 0 aliphatic carbocycles. The summed E-state index contributed by atoms with van der Waals surface area (Å²) < 4.78 is 11.6. The molecule has 0 fully saturated rings. The van der Waals surface area contributed by atoms with E-state index in [1.165, 1.54) is 6.07 Å². The Morgan fingerprint density at radius 2 is 1.81 bits per heavy atom. The highest BCUT2D eigenvalue weighted by molar-refractivity contribution is 6.31. The van der Waals surface area contributed by atoms with Gasteiger partial charge in [-0.15, -0.1) is 0 Å². The first-order valence-electron chi connectivity index (χ1n) is 9.43. The van der Waals surface area contributed by atoms with Crippen LogP contribution in [0.4, 0.5) is 5.69 Å². The number of fused-ring (bicyclic) bond motifs is 1. The molecule has 0 bridgehead atoms. The Labute approximate surface area is 188 Å².